The molecule has 1 unspecified atom stereocenters. The molecular formula is C29H23ClN2O4. The molecular weight excluding hydrogens is 476 g/mol. The Labute approximate surface area is 213 Å². The summed E-state index contributed by atoms with van der Waals surface area (Å²) in [5, 5.41) is 13.1. The normalized spacial score (nSPS) is 14.8. The molecule has 2 N–H and O–H groups in total. The average Bonchev–Trinajstić information content (AvgIpc) is 3.09. The van der Waals surface area contributed by atoms with Crippen LogP contribution in [0.4, 0.5) is 11.4 Å². The molecule has 6 nitrogen and oxygen atoms in total. The molecule has 4 aromatic rings. The fraction of sp³-hybridized carbons (Fsp3) is 0.103. The molecule has 1 aliphatic heterocycles. The van der Waals surface area contributed by atoms with Crippen molar-refractivity contribution in [3.8, 4) is 5.75 Å². The highest BCUT2D eigenvalue weighted by Gasteiger charge is 2.27. The first kappa shape index (κ1) is 23.5. The molecule has 5 rings (SSSR count). The third kappa shape index (κ3) is 4.90. The molecule has 7 heteroatoms. The Morgan fingerprint density at radius 3 is 2.39 bits per heavy atom. The Bertz CT molecular complexity index is 1420. The van der Waals surface area contributed by atoms with E-state index in [1.807, 2.05) is 59.5 Å². The van der Waals surface area contributed by atoms with Gasteiger partial charge in [-0.05, 0) is 42.0 Å². The highest BCUT2D eigenvalue weighted by atomic mass is 35.5. The number of para-hydroxylation sites is 1. The lowest BCUT2D eigenvalue weighted by atomic mass is 10.1. The number of amides is 1. The van der Waals surface area contributed by atoms with Crippen molar-refractivity contribution in [2.45, 2.75) is 12.6 Å². The van der Waals surface area contributed by atoms with E-state index in [4.69, 9.17) is 16.3 Å². The molecule has 0 radical (unpaired) electrons. The molecule has 4 aromatic carbocycles. The fourth-order valence-electron chi connectivity index (χ4n) is 4.34. The van der Waals surface area contributed by atoms with E-state index in [0.29, 0.717) is 35.1 Å². The molecule has 1 aliphatic rings. The van der Waals surface area contributed by atoms with Crippen molar-refractivity contribution in [3.63, 3.8) is 0 Å². The molecule has 0 saturated carbocycles. The maximum atomic E-state index is 12.7. The average molecular weight is 499 g/mol. The molecule has 1 heterocycles. The zero-order valence-electron chi connectivity index (χ0n) is 19.2. The smallest absolute Gasteiger partial charge is 0.337 e. The zero-order valence-corrected chi connectivity index (χ0v) is 20.0. The predicted octanol–water partition coefficient (Wildman–Crippen LogP) is 6.43. The number of ether oxygens (including phenoxy) is 1. The number of nitrogens with zero attached hydrogens (tertiary/aromatic N) is 1. The summed E-state index contributed by atoms with van der Waals surface area (Å²) in [4.78, 5) is 27.0. The van der Waals surface area contributed by atoms with Gasteiger partial charge in [-0.15, -0.1) is 0 Å². The molecule has 36 heavy (non-hydrogen) atoms. The number of nitrogens with one attached hydrogen (secondary N) is 1. The lowest BCUT2D eigenvalue weighted by molar-refractivity contribution is 0.0697. The molecule has 0 saturated heterocycles. The number of hydrogen-bond donors (Lipinski definition) is 2. The van der Waals surface area contributed by atoms with Crippen molar-refractivity contribution in [2.75, 3.05) is 16.8 Å². The van der Waals surface area contributed by atoms with Gasteiger partial charge in [-0.25, -0.2) is 4.79 Å². The Balaban J connectivity index is 1.49. The molecule has 0 aliphatic carbocycles. The van der Waals surface area contributed by atoms with Gasteiger partial charge in [0.05, 0.1) is 28.4 Å². The van der Waals surface area contributed by atoms with Gasteiger partial charge in [-0.2, -0.15) is 0 Å². The highest BCUT2D eigenvalue weighted by molar-refractivity contribution is 6.34. The van der Waals surface area contributed by atoms with Crippen LogP contribution in [0.25, 0.3) is 0 Å². The number of carboxylic acids is 1. The third-order valence-electron chi connectivity index (χ3n) is 6.10. The molecule has 1 atom stereocenters. The van der Waals surface area contributed by atoms with Crippen molar-refractivity contribution in [1.82, 2.24) is 0 Å². The molecule has 0 aromatic heterocycles. The van der Waals surface area contributed by atoms with Crippen molar-refractivity contribution in [2.24, 2.45) is 0 Å². The second-order valence-corrected chi connectivity index (χ2v) is 8.88. The van der Waals surface area contributed by atoms with Crippen LogP contribution in [0.15, 0.2) is 97.1 Å². The minimum Gasteiger partial charge on any atom is -0.484 e. The number of benzene rings is 4. The van der Waals surface area contributed by atoms with Gasteiger partial charge >= 0.3 is 5.97 Å². The van der Waals surface area contributed by atoms with Crippen LogP contribution in [-0.4, -0.2) is 23.5 Å². The molecule has 0 spiro atoms. The largest absolute Gasteiger partial charge is 0.484 e. The van der Waals surface area contributed by atoms with Gasteiger partial charge in [0.2, 0.25) is 0 Å². The van der Waals surface area contributed by atoms with Crippen LogP contribution in [0, 0.1) is 0 Å². The van der Waals surface area contributed by atoms with E-state index < -0.39 is 11.9 Å². The lowest BCUT2D eigenvalue weighted by Gasteiger charge is -2.27. The summed E-state index contributed by atoms with van der Waals surface area (Å²) in [6, 6.07) is 29.2. The first-order valence-corrected chi connectivity index (χ1v) is 11.8. The summed E-state index contributed by atoms with van der Waals surface area (Å²) in [5.74, 6) is -0.728. The van der Waals surface area contributed by atoms with E-state index in [1.165, 1.54) is 6.07 Å². The van der Waals surface area contributed by atoms with Gasteiger partial charge in [0.1, 0.15) is 11.9 Å². The highest BCUT2D eigenvalue weighted by Crippen LogP contribution is 2.35. The Kier molecular flexibility index (Phi) is 6.60. The van der Waals surface area contributed by atoms with Crippen molar-refractivity contribution in [3.05, 3.63) is 124 Å². The summed E-state index contributed by atoms with van der Waals surface area (Å²) in [7, 11) is 0. The second-order valence-electron chi connectivity index (χ2n) is 8.48. The number of carbonyl (C=O) groups is 2. The number of aromatic carboxylic acids is 1. The summed E-state index contributed by atoms with van der Waals surface area (Å²) in [6.45, 7) is 0.926. The van der Waals surface area contributed by atoms with Gasteiger partial charge in [0.25, 0.3) is 5.91 Å². The molecule has 0 fully saturated rings. The van der Waals surface area contributed by atoms with E-state index in [2.05, 4.69) is 5.32 Å². The van der Waals surface area contributed by atoms with Crippen molar-refractivity contribution < 1.29 is 19.4 Å². The number of anilines is 2. The summed E-state index contributed by atoms with van der Waals surface area (Å²) < 4.78 is 6.37. The number of rotatable bonds is 5. The Morgan fingerprint density at radius 1 is 0.889 bits per heavy atom. The quantitative estimate of drug-likeness (QED) is 0.331. The van der Waals surface area contributed by atoms with E-state index in [1.54, 1.807) is 36.4 Å². The molecule has 0 bridgehead atoms. The van der Waals surface area contributed by atoms with E-state index >= 15 is 0 Å². The number of carboxylic acid groups (broad SMARTS) is 1. The first-order chi connectivity index (χ1) is 17.5. The van der Waals surface area contributed by atoms with Crippen LogP contribution < -0.4 is 15.0 Å². The topological polar surface area (TPSA) is 78.9 Å². The van der Waals surface area contributed by atoms with Crippen molar-refractivity contribution >= 4 is 34.9 Å². The first-order valence-electron chi connectivity index (χ1n) is 11.5. The van der Waals surface area contributed by atoms with E-state index in [-0.39, 0.29) is 11.7 Å². The summed E-state index contributed by atoms with van der Waals surface area (Å²) in [6.07, 6.45) is -0.295. The summed E-state index contributed by atoms with van der Waals surface area (Å²) >= 11 is 6.14. The van der Waals surface area contributed by atoms with Crippen molar-refractivity contribution in [1.29, 1.82) is 0 Å². The monoisotopic (exact) mass is 498 g/mol. The van der Waals surface area contributed by atoms with E-state index in [9.17, 15) is 14.7 Å². The van der Waals surface area contributed by atoms with Crippen LogP contribution in [0.5, 0.6) is 5.75 Å². The van der Waals surface area contributed by atoms with E-state index in [0.717, 1.165) is 16.9 Å². The Morgan fingerprint density at radius 2 is 1.61 bits per heavy atom. The van der Waals surface area contributed by atoms with Gasteiger partial charge in [-0.1, -0.05) is 72.3 Å². The van der Waals surface area contributed by atoms with Crippen LogP contribution in [0.3, 0.4) is 0 Å². The second kappa shape index (κ2) is 10.1. The predicted molar refractivity (Wildman–Crippen MR) is 140 cm³/mol. The number of hydrogen-bond acceptors (Lipinski definition) is 4. The lowest BCUT2D eigenvalue weighted by Crippen LogP contribution is -2.29. The maximum absolute atomic E-state index is 12.7. The summed E-state index contributed by atoms with van der Waals surface area (Å²) in [5.41, 5.74) is 3.26. The SMILES string of the molecule is O=C(Nc1ccc(N2Cc3ccccc3OC(c3ccccc3)C2)c(C(=O)O)c1)c1ccccc1Cl. The minimum atomic E-state index is -1.09. The fourth-order valence-corrected chi connectivity index (χ4v) is 4.56. The number of halogens is 1. The van der Waals surface area contributed by atoms with Gasteiger partial charge in [0, 0.05) is 17.8 Å². The van der Waals surface area contributed by atoms with Crippen LogP contribution in [-0.2, 0) is 6.54 Å². The standard InChI is InChI=1S/C29H23ClN2O4/c30-24-12-6-5-11-22(24)28(33)31-21-14-15-25(23(16-21)29(34)35)32-17-20-10-4-7-13-26(20)36-27(18-32)19-8-2-1-3-9-19/h1-16,27H,17-18H2,(H,31,33)(H,34,35). The van der Waals surface area contributed by atoms with Gasteiger partial charge in [-0.3, -0.25) is 4.79 Å². The Hall–Kier alpha value is -4.29. The third-order valence-corrected chi connectivity index (χ3v) is 6.43. The minimum absolute atomic E-state index is 0.0816. The van der Waals surface area contributed by atoms with Crippen LogP contribution >= 0.6 is 11.6 Å². The molecule has 180 valence electrons. The van der Waals surface area contributed by atoms with Gasteiger partial charge < -0.3 is 20.1 Å². The zero-order chi connectivity index (χ0) is 25.1. The molecule has 1 amide bonds. The number of fused-ring (bicyclic) bond motifs is 1. The van der Waals surface area contributed by atoms with Gasteiger partial charge in [0.15, 0.2) is 0 Å². The van der Waals surface area contributed by atoms with Crippen LogP contribution in [0.1, 0.15) is 37.9 Å². The van der Waals surface area contributed by atoms with Crippen LogP contribution in [0.2, 0.25) is 5.02 Å². The maximum Gasteiger partial charge on any atom is 0.337 e. The number of carbonyl (C=O) groups excluding carboxylic acids is 1.